The molecule has 0 aromatic rings. The lowest BCUT2D eigenvalue weighted by Crippen LogP contribution is -2.41. The van der Waals surface area contributed by atoms with E-state index in [4.69, 9.17) is 4.74 Å². The first-order valence-corrected chi connectivity index (χ1v) is 5.42. The van der Waals surface area contributed by atoms with Crippen LogP contribution in [0.4, 0.5) is 0 Å². The van der Waals surface area contributed by atoms with E-state index < -0.39 is 5.60 Å². The lowest BCUT2D eigenvalue weighted by molar-refractivity contribution is 0.0267. The third kappa shape index (κ3) is 4.40. The standard InChI is InChI=1S/C11H23NO2/c1-10(2,3)4-6-12-8-11(13)5-7-14-9-11/h12-13H,4-9H2,1-3H3. The molecule has 0 spiro atoms. The van der Waals surface area contributed by atoms with E-state index >= 15 is 0 Å². The summed E-state index contributed by atoms with van der Waals surface area (Å²) in [6, 6.07) is 0. The predicted octanol–water partition coefficient (Wildman–Crippen LogP) is 1.16. The Balaban J connectivity index is 2.09. The van der Waals surface area contributed by atoms with Gasteiger partial charge in [0.1, 0.15) is 5.60 Å². The third-order valence-electron chi connectivity index (χ3n) is 2.59. The smallest absolute Gasteiger partial charge is 0.102 e. The van der Waals surface area contributed by atoms with E-state index in [1.54, 1.807) is 0 Å². The Hall–Kier alpha value is -0.120. The topological polar surface area (TPSA) is 41.5 Å². The minimum atomic E-state index is -0.613. The average molecular weight is 201 g/mol. The van der Waals surface area contributed by atoms with Crippen molar-refractivity contribution in [2.45, 2.75) is 39.2 Å². The molecule has 84 valence electrons. The lowest BCUT2D eigenvalue weighted by atomic mass is 9.92. The summed E-state index contributed by atoms with van der Waals surface area (Å²) in [6.45, 7) is 9.47. The summed E-state index contributed by atoms with van der Waals surface area (Å²) in [7, 11) is 0. The molecular weight excluding hydrogens is 178 g/mol. The van der Waals surface area contributed by atoms with E-state index in [0.717, 1.165) is 19.4 Å². The molecule has 0 aromatic heterocycles. The Labute approximate surface area is 86.8 Å². The van der Waals surface area contributed by atoms with Crippen molar-refractivity contribution >= 4 is 0 Å². The molecule has 1 saturated heterocycles. The summed E-state index contributed by atoms with van der Waals surface area (Å²) in [4.78, 5) is 0. The van der Waals surface area contributed by atoms with Crippen molar-refractivity contribution in [3.8, 4) is 0 Å². The molecule has 0 aliphatic carbocycles. The molecular formula is C11H23NO2. The molecule has 1 rings (SSSR count). The highest BCUT2D eigenvalue weighted by molar-refractivity contribution is 4.84. The maximum absolute atomic E-state index is 9.93. The minimum absolute atomic E-state index is 0.363. The number of nitrogens with one attached hydrogen (secondary N) is 1. The van der Waals surface area contributed by atoms with E-state index in [0.29, 0.717) is 25.2 Å². The largest absolute Gasteiger partial charge is 0.386 e. The summed E-state index contributed by atoms with van der Waals surface area (Å²) in [5.74, 6) is 0. The molecule has 0 aromatic carbocycles. The van der Waals surface area contributed by atoms with E-state index in [2.05, 4.69) is 26.1 Å². The number of hydrogen-bond donors (Lipinski definition) is 2. The van der Waals surface area contributed by atoms with Gasteiger partial charge in [-0.15, -0.1) is 0 Å². The van der Waals surface area contributed by atoms with E-state index in [9.17, 15) is 5.11 Å². The molecule has 0 saturated carbocycles. The summed E-state index contributed by atoms with van der Waals surface area (Å²) < 4.78 is 5.17. The van der Waals surface area contributed by atoms with Gasteiger partial charge in [-0.05, 0) is 18.4 Å². The highest BCUT2D eigenvalue weighted by Gasteiger charge is 2.31. The maximum atomic E-state index is 9.93. The van der Waals surface area contributed by atoms with Crippen molar-refractivity contribution in [2.24, 2.45) is 5.41 Å². The molecule has 0 amide bonds. The molecule has 14 heavy (non-hydrogen) atoms. The molecule has 1 fully saturated rings. The second-order valence-electron chi connectivity index (χ2n) is 5.51. The molecule has 2 N–H and O–H groups in total. The molecule has 3 heteroatoms. The fourth-order valence-corrected chi connectivity index (χ4v) is 1.52. The average Bonchev–Trinajstić information content (AvgIpc) is 2.45. The van der Waals surface area contributed by atoms with Gasteiger partial charge in [-0.2, -0.15) is 0 Å². The molecule has 0 bridgehead atoms. The molecule has 3 nitrogen and oxygen atoms in total. The normalized spacial score (nSPS) is 28.3. The van der Waals surface area contributed by atoms with Crippen LogP contribution < -0.4 is 5.32 Å². The lowest BCUT2D eigenvalue weighted by Gasteiger charge is -2.23. The van der Waals surface area contributed by atoms with Crippen molar-refractivity contribution in [3.05, 3.63) is 0 Å². The third-order valence-corrected chi connectivity index (χ3v) is 2.59. The predicted molar refractivity (Wildman–Crippen MR) is 57.3 cm³/mol. The van der Waals surface area contributed by atoms with Crippen molar-refractivity contribution in [1.29, 1.82) is 0 Å². The monoisotopic (exact) mass is 201 g/mol. The Kier molecular flexibility index (Phi) is 3.93. The quantitative estimate of drug-likeness (QED) is 0.671. The van der Waals surface area contributed by atoms with Crippen molar-refractivity contribution in [1.82, 2.24) is 5.32 Å². The Morgan fingerprint density at radius 3 is 2.64 bits per heavy atom. The molecule has 0 radical (unpaired) electrons. The zero-order chi connectivity index (χ0) is 10.7. The van der Waals surface area contributed by atoms with Gasteiger partial charge in [0.15, 0.2) is 0 Å². The summed E-state index contributed by atoms with van der Waals surface area (Å²) >= 11 is 0. The number of rotatable bonds is 4. The fraction of sp³-hybridized carbons (Fsp3) is 1.00. The van der Waals surface area contributed by atoms with Crippen LogP contribution in [0.25, 0.3) is 0 Å². The summed E-state index contributed by atoms with van der Waals surface area (Å²) in [6.07, 6.45) is 1.89. The second kappa shape index (κ2) is 4.60. The highest BCUT2D eigenvalue weighted by atomic mass is 16.5. The van der Waals surface area contributed by atoms with Gasteiger partial charge >= 0.3 is 0 Å². The molecule has 1 aliphatic rings. The van der Waals surface area contributed by atoms with Gasteiger partial charge in [-0.25, -0.2) is 0 Å². The van der Waals surface area contributed by atoms with Crippen LogP contribution in [-0.2, 0) is 4.74 Å². The number of ether oxygens (including phenoxy) is 1. The van der Waals surface area contributed by atoms with Crippen LogP contribution >= 0.6 is 0 Å². The first-order valence-electron chi connectivity index (χ1n) is 5.42. The van der Waals surface area contributed by atoms with Crippen molar-refractivity contribution in [3.63, 3.8) is 0 Å². The first kappa shape index (κ1) is 12.0. The van der Waals surface area contributed by atoms with Crippen LogP contribution in [-0.4, -0.2) is 37.0 Å². The molecule has 1 heterocycles. The molecule has 1 aliphatic heterocycles. The van der Waals surface area contributed by atoms with Crippen molar-refractivity contribution in [2.75, 3.05) is 26.3 Å². The fourth-order valence-electron chi connectivity index (χ4n) is 1.52. The van der Waals surface area contributed by atoms with Crippen LogP contribution in [0.1, 0.15) is 33.6 Å². The minimum Gasteiger partial charge on any atom is -0.386 e. The van der Waals surface area contributed by atoms with Gasteiger partial charge in [0.05, 0.1) is 6.61 Å². The van der Waals surface area contributed by atoms with Crippen LogP contribution in [0.2, 0.25) is 0 Å². The van der Waals surface area contributed by atoms with E-state index in [1.165, 1.54) is 0 Å². The second-order valence-corrected chi connectivity index (χ2v) is 5.51. The van der Waals surface area contributed by atoms with Gasteiger partial charge in [-0.3, -0.25) is 0 Å². The zero-order valence-electron chi connectivity index (χ0n) is 9.60. The van der Waals surface area contributed by atoms with Gasteiger partial charge in [0, 0.05) is 19.6 Å². The summed E-state index contributed by atoms with van der Waals surface area (Å²) in [5.41, 5.74) is -0.250. The molecule has 1 unspecified atom stereocenters. The molecule has 1 atom stereocenters. The van der Waals surface area contributed by atoms with Gasteiger partial charge in [0.2, 0.25) is 0 Å². The van der Waals surface area contributed by atoms with Crippen molar-refractivity contribution < 1.29 is 9.84 Å². The van der Waals surface area contributed by atoms with Crippen LogP contribution in [0, 0.1) is 5.41 Å². The Morgan fingerprint density at radius 1 is 1.43 bits per heavy atom. The SMILES string of the molecule is CC(C)(C)CCNCC1(O)CCOC1. The Bertz CT molecular complexity index is 169. The zero-order valence-corrected chi connectivity index (χ0v) is 9.60. The highest BCUT2D eigenvalue weighted by Crippen LogP contribution is 2.19. The number of aliphatic hydroxyl groups is 1. The number of hydrogen-bond acceptors (Lipinski definition) is 3. The van der Waals surface area contributed by atoms with Crippen LogP contribution in [0.15, 0.2) is 0 Å². The Morgan fingerprint density at radius 2 is 2.14 bits per heavy atom. The van der Waals surface area contributed by atoms with Gasteiger partial charge in [0.25, 0.3) is 0 Å². The van der Waals surface area contributed by atoms with E-state index in [-0.39, 0.29) is 0 Å². The first-order chi connectivity index (χ1) is 6.41. The maximum Gasteiger partial charge on any atom is 0.102 e. The summed E-state index contributed by atoms with van der Waals surface area (Å²) in [5, 5.41) is 13.2. The van der Waals surface area contributed by atoms with Gasteiger partial charge < -0.3 is 15.2 Å². The van der Waals surface area contributed by atoms with Crippen LogP contribution in [0.3, 0.4) is 0 Å². The van der Waals surface area contributed by atoms with Gasteiger partial charge in [-0.1, -0.05) is 20.8 Å². The van der Waals surface area contributed by atoms with Crippen LogP contribution in [0.5, 0.6) is 0 Å². The van der Waals surface area contributed by atoms with E-state index in [1.807, 2.05) is 0 Å².